The van der Waals surface area contributed by atoms with Gasteiger partial charge in [-0.1, -0.05) is 0 Å². The van der Waals surface area contributed by atoms with E-state index in [9.17, 15) is 14.0 Å². The summed E-state index contributed by atoms with van der Waals surface area (Å²) in [5.74, 6) is 0.138. The van der Waals surface area contributed by atoms with Crippen molar-refractivity contribution in [2.24, 2.45) is 0 Å². The maximum Gasteiger partial charge on any atom is 0.239 e. The van der Waals surface area contributed by atoms with Crippen molar-refractivity contribution in [2.45, 2.75) is 19.4 Å². The number of morpholine rings is 1. The lowest BCUT2D eigenvalue weighted by Crippen LogP contribution is -2.56. The number of hydrogen-bond donors (Lipinski definition) is 0. The van der Waals surface area contributed by atoms with Gasteiger partial charge in [0.2, 0.25) is 17.7 Å². The molecule has 1 atom stereocenters. The summed E-state index contributed by atoms with van der Waals surface area (Å²) < 4.78 is 23.8. The van der Waals surface area contributed by atoms with Crippen LogP contribution in [0.3, 0.4) is 0 Å². The number of aromatic nitrogens is 1. The maximum absolute atomic E-state index is 13.1. The highest BCUT2D eigenvalue weighted by molar-refractivity contribution is 5.82. The highest BCUT2D eigenvalue weighted by atomic mass is 19.1. The Morgan fingerprint density at radius 1 is 1.03 bits per heavy atom. The molecule has 2 fully saturated rings. The predicted molar refractivity (Wildman–Crippen MR) is 111 cm³/mol. The van der Waals surface area contributed by atoms with Crippen molar-refractivity contribution in [1.29, 1.82) is 0 Å². The van der Waals surface area contributed by atoms with Crippen molar-refractivity contribution < 1.29 is 23.1 Å². The molecule has 0 bridgehead atoms. The molecular weight excluding hydrogens is 403 g/mol. The average Bonchev–Trinajstić information content (AvgIpc) is 3.27. The standard InChI is InChI=1S/C22H27FN4O4/c1-16(22(29)27-10-12-30-13-11-27)25-6-8-26(9-7-25)20(28)14-19-15-31-21(24-19)17-2-4-18(23)5-3-17/h2-5,15-16H,6-14H2,1H3. The lowest BCUT2D eigenvalue weighted by atomic mass is 10.2. The number of amides is 2. The monoisotopic (exact) mass is 430 g/mol. The first-order valence-electron chi connectivity index (χ1n) is 10.6. The fourth-order valence-electron chi connectivity index (χ4n) is 3.94. The number of nitrogens with zero attached hydrogens (tertiary/aromatic N) is 4. The highest BCUT2D eigenvalue weighted by Crippen LogP contribution is 2.20. The summed E-state index contributed by atoms with van der Waals surface area (Å²) in [4.78, 5) is 35.5. The van der Waals surface area contributed by atoms with Crippen molar-refractivity contribution in [3.05, 3.63) is 42.0 Å². The van der Waals surface area contributed by atoms with Crippen LogP contribution >= 0.6 is 0 Å². The quantitative estimate of drug-likeness (QED) is 0.714. The van der Waals surface area contributed by atoms with Gasteiger partial charge >= 0.3 is 0 Å². The lowest BCUT2D eigenvalue weighted by molar-refractivity contribution is -0.142. The number of carbonyl (C=O) groups is 2. The van der Waals surface area contributed by atoms with Gasteiger partial charge in [0.15, 0.2) is 0 Å². The molecule has 0 saturated carbocycles. The summed E-state index contributed by atoms with van der Waals surface area (Å²) in [5.41, 5.74) is 1.20. The third-order valence-corrected chi connectivity index (χ3v) is 5.87. The summed E-state index contributed by atoms with van der Waals surface area (Å²) in [5, 5.41) is 0. The molecule has 0 spiro atoms. The molecule has 1 aromatic carbocycles. The molecule has 9 heteroatoms. The Morgan fingerprint density at radius 2 is 1.71 bits per heavy atom. The van der Waals surface area contributed by atoms with Gasteiger partial charge in [-0.15, -0.1) is 0 Å². The fourth-order valence-corrected chi connectivity index (χ4v) is 3.94. The fraction of sp³-hybridized carbons (Fsp3) is 0.500. The van der Waals surface area contributed by atoms with E-state index in [1.165, 1.54) is 18.4 Å². The summed E-state index contributed by atoms with van der Waals surface area (Å²) in [7, 11) is 0. The number of piperazine rings is 1. The van der Waals surface area contributed by atoms with E-state index in [-0.39, 0.29) is 30.1 Å². The Labute approximate surface area is 180 Å². The minimum Gasteiger partial charge on any atom is -0.444 e. The van der Waals surface area contributed by atoms with Gasteiger partial charge in [0.25, 0.3) is 0 Å². The van der Waals surface area contributed by atoms with Crippen molar-refractivity contribution in [3.63, 3.8) is 0 Å². The molecule has 0 radical (unpaired) electrons. The van der Waals surface area contributed by atoms with E-state index >= 15 is 0 Å². The summed E-state index contributed by atoms with van der Waals surface area (Å²) in [6.07, 6.45) is 1.61. The van der Waals surface area contributed by atoms with Crippen LogP contribution in [0.1, 0.15) is 12.6 Å². The number of halogens is 1. The van der Waals surface area contributed by atoms with Crippen LogP contribution in [-0.2, 0) is 20.7 Å². The number of ether oxygens (including phenoxy) is 1. The molecule has 1 aromatic heterocycles. The Balaban J connectivity index is 1.27. The summed E-state index contributed by atoms with van der Waals surface area (Å²) in [6, 6.07) is 5.66. The molecule has 2 amide bonds. The Bertz CT molecular complexity index is 902. The Kier molecular flexibility index (Phi) is 6.62. The van der Waals surface area contributed by atoms with E-state index < -0.39 is 0 Å². The molecule has 0 aliphatic carbocycles. The highest BCUT2D eigenvalue weighted by Gasteiger charge is 2.30. The molecule has 2 aromatic rings. The molecule has 2 saturated heterocycles. The third kappa shape index (κ3) is 5.11. The molecule has 8 nitrogen and oxygen atoms in total. The second-order valence-corrected chi connectivity index (χ2v) is 7.86. The van der Waals surface area contributed by atoms with Crippen molar-refractivity contribution in [2.75, 3.05) is 52.5 Å². The molecule has 0 N–H and O–H groups in total. The zero-order chi connectivity index (χ0) is 21.8. The topological polar surface area (TPSA) is 79.1 Å². The third-order valence-electron chi connectivity index (χ3n) is 5.87. The second kappa shape index (κ2) is 9.57. The second-order valence-electron chi connectivity index (χ2n) is 7.86. The average molecular weight is 430 g/mol. The largest absolute Gasteiger partial charge is 0.444 e. The first kappa shape index (κ1) is 21.5. The lowest BCUT2D eigenvalue weighted by Gasteiger charge is -2.39. The first-order chi connectivity index (χ1) is 15.0. The number of benzene rings is 1. The van der Waals surface area contributed by atoms with Crippen molar-refractivity contribution in [3.8, 4) is 11.5 Å². The molecule has 4 rings (SSSR count). The van der Waals surface area contributed by atoms with E-state index in [2.05, 4.69) is 9.88 Å². The molecule has 3 heterocycles. The van der Waals surface area contributed by atoms with Crippen LogP contribution in [0, 0.1) is 5.82 Å². The molecule has 31 heavy (non-hydrogen) atoms. The Hall–Kier alpha value is -2.78. The van der Waals surface area contributed by atoms with Gasteiger partial charge in [-0.2, -0.15) is 0 Å². The van der Waals surface area contributed by atoms with Crippen LogP contribution in [-0.4, -0.2) is 90.0 Å². The van der Waals surface area contributed by atoms with E-state index in [0.717, 1.165) is 0 Å². The van der Waals surface area contributed by atoms with Gasteiger partial charge < -0.3 is 19.0 Å². The molecule has 1 unspecified atom stereocenters. The van der Waals surface area contributed by atoms with Crippen LogP contribution in [0.4, 0.5) is 4.39 Å². The molecule has 2 aliphatic heterocycles. The van der Waals surface area contributed by atoms with E-state index in [0.29, 0.717) is 69.6 Å². The van der Waals surface area contributed by atoms with Crippen LogP contribution in [0.2, 0.25) is 0 Å². The van der Waals surface area contributed by atoms with Crippen LogP contribution in [0.15, 0.2) is 34.9 Å². The van der Waals surface area contributed by atoms with Gasteiger partial charge in [0, 0.05) is 44.8 Å². The van der Waals surface area contributed by atoms with Crippen LogP contribution in [0.25, 0.3) is 11.5 Å². The van der Waals surface area contributed by atoms with E-state index in [1.807, 2.05) is 11.8 Å². The number of hydrogen-bond acceptors (Lipinski definition) is 6. The first-order valence-corrected chi connectivity index (χ1v) is 10.6. The van der Waals surface area contributed by atoms with E-state index in [4.69, 9.17) is 9.15 Å². The molecule has 2 aliphatic rings. The van der Waals surface area contributed by atoms with Crippen molar-refractivity contribution in [1.82, 2.24) is 19.7 Å². The van der Waals surface area contributed by atoms with Crippen molar-refractivity contribution >= 4 is 11.8 Å². The smallest absolute Gasteiger partial charge is 0.239 e. The summed E-state index contributed by atoms with van der Waals surface area (Å²) >= 11 is 0. The number of rotatable bonds is 5. The SMILES string of the molecule is CC(C(=O)N1CCOCC1)N1CCN(C(=O)Cc2coc(-c3ccc(F)cc3)n2)CC1. The maximum atomic E-state index is 13.1. The summed E-state index contributed by atoms with van der Waals surface area (Å²) in [6.45, 7) is 6.84. The normalized spacial score (nSPS) is 18.8. The Morgan fingerprint density at radius 3 is 2.39 bits per heavy atom. The van der Waals surface area contributed by atoms with Gasteiger partial charge in [-0.25, -0.2) is 9.37 Å². The van der Waals surface area contributed by atoms with Crippen LogP contribution < -0.4 is 0 Å². The number of oxazole rings is 1. The van der Waals surface area contributed by atoms with Crippen LogP contribution in [0.5, 0.6) is 0 Å². The molecule has 166 valence electrons. The minimum absolute atomic E-state index is 0.0224. The zero-order valence-electron chi connectivity index (χ0n) is 17.6. The zero-order valence-corrected chi connectivity index (χ0v) is 17.6. The van der Waals surface area contributed by atoms with E-state index in [1.54, 1.807) is 17.0 Å². The number of carbonyl (C=O) groups excluding carboxylic acids is 2. The van der Waals surface area contributed by atoms with Gasteiger partial charge in [0.1, 0.15) is 12.1 Å². The van der Waals surface area contributed by atoms with Gasteiger partial charge in [0.05, 0.1) is 31.4 Å². The predicted octanol–water partition coefficient (Wildman–Crippen LogP) is 1.41. The van der Waals surface area contributed by atoms with Gasteiger partial charge in [-0.05, 0) is 31.2 Å². The molecular formula is C22H27FN4O4. The van der Waals surface area contributed by atoms with Gasteiger partial charge in [-0.3, -0.25) is 14.5 Å². The minimum atomic E-state index is -0.328.